The van der Waals surface area contributed by atoms with Gasteiger partial charge in [-0.25, -0.2) is 9.78 Å². The zero-order valence-corrected chi connectivity index (χ0v) is 15.6. The van der Waals surface area contributed by atoms with Gasteiger partial charge in [-0.3, -0.25) is 5.32 Å². The van der Waals surface area contributed by atoms with Crippen LogP contribution in [0.1, 0.15) is 17.3 Å². The van der Waals surface area contributed by atoms with Gasteiger partial charge in [-0.15, -0.1) is 0 Å². The predicted molar refractivity (Wildman–Crippen MR) is 97.9 cm³/mol. The van der Waals surface area contributed by atoms with Gasteiger partial charge in [0.05, 0.1) is 24.7 Å². The number of aromatic nitrogens is 2. The number of anilines is 1. The van der Waals surface area contributed by atoms with Gasteiger partial charge in [0.25, 0.3) is 0 Å². The summed E-state index contributed by atoms with van der Waals surface area (Å²) in [5.41, 5.74) is 2.86. The van der Waals surface area contributed by atoms with Gasteiger partial charge in [-0.2, -0.15) is 0 Å². The summed E-state index contributed by atoms with van der Waals surface area (Å²) in [6.45, 7) is 0. The predicted octanol–water partition coefficient (Wildman–Crippen LogP) is -0.665. The zero-order valence-electron chi connectivity index (χ0n) is 15.6. The van der Waals surface area contributed by atoms with Gasteiger partial charge in [0, 0.05) is 17.4 Å². The Labute approximate surface area is 174 Å². The van der Waals surface area contributed by atoms with E-state index in [4.69, 9.17) is 0 Å². The molecule has 1 atom stereocenters. The van der Waals surface area contributed by atoms with Crippen LogP contribution in [0.4, 0.5) is 10.5 Å². The fourth-order valence-electron chi connectivity index (χ4n) is 2.70. The molecule has 0 bridgehead atoms. The quantitative estimate of drug-likeness (QED) is 0.559. The Kier molecular flexibility index (Phi) is 7.44. The molecule has 0 saturated carbocycles. The summed E-state index contributed by atoms with van der Waals surface area (Å²) in [5, 5.41) is 14.2. The normalized spacial score (nSPS) is 11.2. The molecule has 2 N–H and O–H groups in total. The number of carboxylic acids is 1. The molecule has 0 aliphatic rings. The molecule has 1 heterocycles. The van der Waals surface area contributed by atoms with E-state index in [0.717, 1.165) is 11.1 Å². The topological polar surface area (TPSA) is 107 Å². The second-order valence-electron chi connectivity index (χ2n) is 5.93. The number of imidazole rings is 1. The summed E-state index contributed by atoms with van der Waals surface area (Å²) >= 11 is 0. The Bertz CT molecular complexity index is 926. The summed E-state index contributed by atoms with van der Waals surface area (Å²) in [7, 11) is 1.29. The number of carbonyl (C=O) groups is 2. The molecule has 0 saturated heterocycles. The van der Waals surface area contributed by atoms with Gasteiger partial charge in [0.2, 0.25) is 0 Å². The van der Waals surface area contributed by atoms with Crippen LogP contribution in [0.5, 0.6) is 0 Å². The number of rotatable bonds is 6. The van der Waals surface area contributed by atoms with Crippen molar-refractivity contribution in [3.63, 3.8) is 0 Å². The van der Waals surface area contributed by atoms with Crippen molar-refractivity contribution in [1.82, 2.24) is 9.97 Å². The van der Waals surface area contributed by atoms with Crippen LogP contribution in [0, 0.1) is 0 Å². The van der Waals surface area contributed by atoms with Gasteiger partial charge in [-0.1, -0.05) is 42.5 Å². The van der Waals surface area contributed by atoms with Crippen LogP contribution in [0.25, 0.3) is 11.3 Å². The van der Waals surface area contributed by atoms with Crippen molar-refractivity contribution in [2.75, 3.05) is 12.4 Å². The van der Waals surface area contributed by atoms with Crippen LogP contribution in [0.3, 0.4) is 0 Å². The Balaban J connectivity index is 0.00000280. The van der Waals surface area contributed by atoms with Crippen molar-refractivity contribution in [1.29, 1.82) is 0 Å². The molecule has 1 unspecified atom stereocenters. The molecule has 7 nitrogen and oxygen atoms in total. The van der Waals surface area contributed by atoms with E-state index in [0.29, 0.717) is 17.2 Å². The molecule has 0 fully saturated rings. The zero-order chi connectivity index (χ0) is 19.2. The third-order valence-corrected chi connectivity index (χ3v) is 4.11. The molecule has 8 heteroatoms. The molecule has 0 aliphatic carbocycles. The number of hydrogen-bond acceptors (Lipinski definition) is 5. The van der Waals surface area contributed by atoms with E-state index in [1.165, 1.54) is 7.11 Å². The Hall–Kier alpha value is -3.01. The van der Waals surface area contributed by atoms with Crippen LogP contribution in [0.2, 0.25) is 0 Å². The van der Waals surface area contributed by atoms with Crippen molar-refractivity contribution in [2.45, 2.75) is 12.3 Å². The number of nitrogens with zero attached hydrogens (tertiary/aromatic N) is 1. The van der Waals surface area contributed by atoms with Crippen molar-refractivity contribution < 1.29 is 38.3 Å². The van der Waals surface area contributed by atoms with E-state index >= 15 is 0 Å². The van der Waals surface area contributed by atoms with Gasteiger partial charge in [-0.05, 0) is 24.1 Å². The van der Waals surface area contributed by atoms with E-state index in [2.05, 4.69) is 20.0 Å². The number of aromatic amines is 1. The molecule has 1 amide bonds. The maximum Gasteiger partial charge on any atom is 1.00 e. The van der Waals surface area contributed by atoms with Crippen LogP contribution in [-0.4, -0.2) is 29.1 Å². The maximum atomic E-state index is 11.6. The smallest absolute Gasteiger partial charge is 0.549 e. The number of aliphatic carboxylic acids is 1. The fourth-order valence-corrected chi connectivity index (χ4v) is 2.70. The van der Waals surface area contributed by atoms with E-state index in [9.17, 15) is 14.7 Å². The molecule has 0 aliphatic heterocycles. The first-order chi connectivity index (χ1) is 13.1. The van der Waals surface area contributed by atoms with Crippen molar-refractivity contribution in [2.24, 2.45) is 0 Å². The van der Waals surface area contributed by atoms with Crippen molar-refractivity contribution in [3.8, 4) is 11.3 Å². The molecule has 1 aromatic heterocycles. The van der Waals surface area contributed by atoms with Crippen LogP contribution < -0.4 is 29.3 Å². The van der Waals surface area contributed by atoms with Gasteiger partial charge >= 0.3 is 25.0 Å². The van der Waals surface area contributed by atoms with Crippen LogP contribution in [-0.2, 0) is 16.0 Å². The van der Waals surface area contributed by atoms with Crippen LogP contribution in [0.15, 0.2) is 60.8 Å². The first-order valence-electron chi connectivity index (χ1n) is 8.32. The molecular weight excluding hydrogens is 353 g/mol. The van der Waals surface area contributed by atoms with E-state index in [-0.39, 0.29) is 25.3 Å². The minimum atomic E-state index is -1.18. The molecule has 2 aromatic carbocycles. The first-order valence-corrected chi connectivity index (χ1v) is 8.32. The summed E-state index contributed by atoms with van der Waals surface area (Å²) in [5.74, 6) is -1.72. The Morgan fingerprint density at radius 2 is 1.82 bits per heavy atom. The maximum absolute atomic E-state index is 11.6. The average Bonchev–Trinajstić information content (AvgIpc) is 3.17. The van der Waals surface area contributed by atoms with Gasteiger partial charge < -0.3 is 19.6 Å². The number of ether oxygens (including phenoxy) is 1. The number of carboxylic acid groups (broad SMARTS) is 1. The number of carbonyl (C=O) groups excluding carboxylic acids is 2. The largest absolute Gasteiger partial charge is 1.00 e. The summed E-state index contributed by atoms with van der Waals surface area (Å²) in [6.07, 6.45) is 1.39. The number of methoxy groups -OCH3 is 1. The molecule has 0 radical (unpaired) electrons. The SMILES string of the molecule is COC(=O)Nc1ccc(-c2c[nH]c(C(Cc3ccccc3)C(=O)[O-])n2)cc1.[Li+]. The van der Waals surface area contributed by atoms with Crippen molar-refractivity contribution in [3.05, 3.63) is 72.2 Å². The molecular formula is C20H18LiN3O4. The monoisotopic (exact) mass is 371 g/mol. The molecule has 28 heavy (non-hydrogen) atoms. The number of H-pyrrole nitrogens is 1. The fraction of sp³-hybridized carbons (Fsp3) is 0.150. The van der Waals surface area contributed by atoms with Crippen molar-refractivity contribution >= 4 is 17.7 Å². The number of hydrogen-bond donors (Lipinski definition) is 2. The number of amides is 1. The first kappa shape index (κ1) is 21.3. The molecule has 3 rings (SSSR count). The average molecular weight is 371 g/mol. The van der Waals surface area contributed by atoms with Gasteiger partial charge in [0.1, 0.15) is 5.82 Å². The second-order valence-corrected chi connectivity index (χ2v) is 5.93. The Morgan fingerprint density at radius 1 is 1.14 bits per heavy atom. The van der Waals surface area contributed by atoms with E-state index < -0.39 is 18.0 Å². The van der Waals surface area contributed by atoms with E-state index in [1.807, 2.05) is 30.3 Å². The van der Waals surface area contributed by atoms with Crippen LogP contribution >= 0.6 is 0 Å². The van der Waals surface area contributed by atoms with E-state index in [1.54, 1.807) is 30.5 Å². The Morgan fingerprint density at radius 3 is 2.43 bits per heavy atom. The third-order valence-electron chi connectivity index (χ3n) is 4.11. The summed E-state index contributed by atoms with van der Waals surface area (Å²) in [4.78, 5) is 30.2. The molecule has 0 spiro atoms. The molecule has 3 aromatic rings. The number of nitrogens with one attached hydrogen (secondary N) is 2. The minimum absolute atomic E-state index is 0. The molecule has 138 valence electrons. The standard InChI is InChI=1S/C20H19N3O4.Li/c1-27-20(26)22-15-9-7-14(8-10-15)17-12-21-18(23-17)16(19(24)25)11-13-5-3-2-4-6-13;/h2-10,12,16H,11H2,1H3,(H,21,23)(H,22,26)(H,24,25);/q;+1/p-1. The number of benzene rings is 2. The summed E-state index contributed by atoms with van der Waals surface area (Å²) in [6, 6.07) is 16.3. The summed E-state index contributed by atoms with van der Waals surface area (Å²) < 4.78 is 4.54. The minimum Gasteiger partial charge on any atom is -0.549 e. The van der Waals surface area contributed by atoms with Gasteiger partial charge in [0.15, 0.2) is 0 Å². The third kappa shape index (κ3) is 5.25. The second kappa shape index (κ2) is 9.79.